The number of benzene rings is 1. The lowest BCUT2D eigenvalue weighted by Gasteiger charge is -2.06. The van der Waals surface area contributed by atoms with Crippen LogP contribution in [0.4, 0.5) is 5.69 Å². The number of ether oxygens (including phenoxy) is 1. The molecule has 8 heteroatoms. The van der Waals surface area contributed by atoms with Gasteiger partial charge in [-0.2, -0.15) is 0 Å². The number of thiazole rings is 1. The van der Waals surface area contributed by atoms with Crippen molar-refractivity contribution in [3.8, 4) is 0 Å². The topological polar surface area (TPSA) is 94.3 Å². The van der Waals surface area contributed by atoms with Crippen molar-refractivity contribution in [1.82, 2.24) is 10.1 Å². The summed E-state index contributed by atoms with van der Waals surface area (Å²) < 4.78 is 10.4. The van der Waals surface area contributed by atoms with Crippen molar-refractivity contribution in [3.05, 3.63) is 62.9 Å². The summed E-state index contributed by atoms with van der Waals surface area (Å²) in [4.78, 5) is 28.9. The van der Waals surface area contributed by atoms with Gasteiger partial charge in [-0.3, -0.25) is 4.79 Å². The van der Waals surface area contributed by atoms with Crippen LogP contribution in [0.25, 0.3) is 0 Å². The Bertz CT molecular complexity index is 993. The van der Waals surface area contributed by atoms with Gasteiger partial charge in [0.1, 0.15) is 22.9 Å². The molecule has 0 fully saturated rings. The predicted octanol–water partition coefficient (Wildman–Crippen LogP) is 3.85. The summed E-state index contributed by atoms with van der Waals surface area (Å²) >= 11 is 1.36. The van der Waals surface area contributed by atoms with E-state index in [9.17, 15) is 9.59 Å². The monoisotopic (exact) mass is 399 g/mol. The molecule has 0 atom stereocenters. The fourth-order valence-electron chi connectivity index (χ4n) is 2.67. The molecule has 0 saturated carbocycles. The fraction of sp³-hybridized carbons (Fsp3) is 0.300. The highest BCUT2D eigenvalue weighted by molar-refractivity contribution is 7.09. The normalized spacial score (nSPS) is 10.7. The van der Waals surface area contributed by atoms with Crippen molar-refractivity contribution in [1.29, 1.82) is 0 Å². The Hall–Kier alpha value is -3.00. The van der Waals surface area contributed by atoms with E-state index in [1.165, 1.54) is 11.3 Å². The first kappa shape index (κ1) is 19.8. The average Bonchev–Trinajstić information content (AvgIpc) is 3.27. The molecule has 1 aromatic carbocycles. The molecule has 0 saturated heterocycles. The number of hydrogen-bond donors (Lipinski definition) is 1. The number of aromatic nitrogens is 2. The van der Waals surface area contributed by atoms with Crippen molar-refractivity contribution in [3.63, 3.8) is 0 Å². The van der Waals surface area contributed by atoms with Crippen LogP contribution < -0.4 is 5.32 Å². The maximum absolute atomic E-state index is 12.3. The van der Waals surface area contributed by atoms with Crippen LogP contribution in [0.15, 0.2) is 34.2 Å². The first-order valence-corrected chi connectivity index (χ1v) is 9.77. The van der Waals surface area contributed by atoms with E-state index >= 15 is 0 Å². The van der Waals surface area contributed by atoms with Crippen LogP contribution in [0.3, 0.4) is 0 Å². The first-order valence-electron chi connectivity index (χ1n) is 8.89. The zero-order valence-electron chi connectivity index (χ0n) is 15.9. The van der Waals surface area contributed by atoms with E-state index in [0.29, 0.717) is 34.1 Å². The zero-order chi connectivity index (χ0) is 20.1. The molecule has 0 radical (unpaired) electrons. The Morgan fingerprint density at radius 1 is 1.25 bits per heavy atom. The van der Waals surface area contributed by atoms with Crippen molar-refractivity contribution >= 4 is 28.9 Å². The summed E-state index contributed by atoms with van der Waals surface area (Å²) in [5.74, 6) is -0.184. The second-order valence-corrected chi connectivity index (χ2v) is 7.21. The average molecular weight is 399 g/mol. The zero-order valence-corrected chi connectivity index (χ0v) is 16.8. The number of esters is 1. The highest BCUT2D eigenvalue weighted by Gasteiger charge is 2.21. The number of nitrogens with one attached hydrogen (secondary N) is 1. The Kier molecular flexibility index (Phi) is 6.20. The van der Waals surface area contributed by atoms with Gasteiger partial charge < -0.3 is 14.6 Å². The number of hydrogen-bond acceptors (Lipinski definition) is 7. The summed E-state index contributed by atoms with van der Waals surface area (Å²) in [6.45, 7) is 5.54. The quantitative estimate of drug-likeness (QED) is 0.607. The number of amides is 1. The molecule has 7 nitrogen and oxygen atoms in total. The molecule has 0 aliphatic heterocycles. The Labute approximate surface area is 166 Å². The smallest absolute Gasteiger partial charge is 0.344 e. The van der Waals surface area contributed by atoms with E-state index in [2.05, 4.69) is 15.5 Å². The fourth-order valence-corrected chi connectivity index (χ4v) is 3.45. The minimum Gasteiger partial charge on any atom is -0.455 e. The van der Waals surface area contributed by atoms with E-state index in [0.717, 1.165) is 11.3 Å². The van der Waals surface area contributed by atoms with Crippen LogP contribution in [-0.2, 0) is 29.0 Å². The predicted molar refractivity (Wildman–Crippen MR) is 105 cm³/mol. The standard InChI is InChI=1S/C20H21N3O4S/c1-4-15-19(13(3)27-23-15)20(25)26-10-14-11-28-18(21-14)9-17(24)22-16-8-6-5-7-12(16)2/h5-8,11H,4,9-10H2,1-3H3,(H,22,24). The second-order valence-electron chi connectivity index (χ2n) is 6.26. The minimum absolute atomic E-state index is 0.0303. The van der Waals surface area contributed by atoms with Gasteiger partial charge >= 0.3 is 5.97 Å². The van der Waals surface area contributed by atoms with E-state index in [4.69, 9.17) is 9.26 Å². The van der Waals surface area contributed by atoms with E-state index in [1.54, 1.807) is 12.3 Å². The number of aryl methyl sites for hydroxylation is 3. The van der Waals surface area contributed by atoms with Gasteiger partial charge in [0.25, 0.3) is 0 Å². The third-order valence-corrected chi connectivity index (χ3v) is 5.05. The van der Waals surface area contributed by atoms with Crippen molar-refractivity contribution in [2.45, 2.75) is 40.2 Å². The number of nitrogens with zero attached hydrogens (tertiary/aromatic N) is 2. The van der Waals surface area contributed by atoms with Crippen LogP contribution >= 0.6 is 11.3 Å². The third-order valence-electron chi connectivity index (χ3n) is 4.15. The minimum atomic E-state index is -0.484. The molecule has 0 spiro atoms. The van der Waals surface area contributed by atoms with Gasteiger partial charge in [-0.25, -0.2) is 9.78 Å². The first-order chi connectivity index (χ1) is 13.5. The van der Waals surface area contributed by atoms with Crippen LogP contribution in [0.5, 0.6) is 0 Å². The van der Waals surface area contributed by atoms with Gasteiger partial charge in [0.15, 0.2) is 0 Å². The van der Waals surface area contributed by atoms with E-state index in [-0.39, 0.29) is 18.9 Å². The lowest BCUT2D eigenvalue weighted by atomic mass is 10.1. The van der Waals surface area contributed by atoms with Crippen LogP contribution in [0, 0.1) is 13.8 Å². The highest BCUT2D eigenvalue weighted by Crippen LogP contribution is 2.18. The molecule has 0 aliphatic carbocycles. The van der Waals surface area contributed by atoms with Crippen LogP contribution in [0.1, 0.15) is 45.0 Å². The van der Waals surface area contributed by atoms with Crippen molar-refractivity contribution < 1.29 is 18.8 Å². The maximum Gasteiger partial charge on any atom is 0.344 e. The number of para-hydroxylation sites is 1. The Morgan fingerprint density at radius 2 is 2.04 bits per heavy atom. The van der Waals surface area contributed by atoms with Crippen molar-refractivity contribution in [2.24, 2.45) is 0 Å². The molecular formula is C20H21N3O4S. The number of carbonyl (C=O) groups excluding carboxylic acids is 2. The van der Waals surface area contributed by atoms with Gasteiger partial charge in [0, 0.05) is 11.1 Å². The summed E-state index contributed by atoms with van der Waals surface area (Å²) in [6, 6.07) is 7.59. The summed E-state index contributed by atoms with van der Waals surface area (Å²) in [7, 11) is 0. The molecule has 1 N–H and O–H groups in total. The molecular weight excluding hydrogens is 378 g/mol. The molecule has 2 aromatic heterocycles. The summed E-state index contributed by atoms with van der Waals surface area (Å²) in [5, 5.41) is 9.18. The SMILES string of the molecule is CCc1noc(C)c1C(=O)OCc1csc(CC(=O)Nc2ccccc2C)n1. The summed E-state index contributed by atoms with van der Waals surface area (Å²) in [6.07, 6.45) is 0.746. The van der Waals surface area contributed by atoms with Crippen LogP contribution in [0.2, 0.25) is 0 Å². The Morgan fingerprint density at radius 3 is 2.79 bits per heavy atom. The molecule has 0 bridgehead atoms. The van der Waals surface area contributed by atoms with Gasteiger partial charge in [-0.1, -0.05) is 30.3 Å². The van der Waals surface area contributed by atoms with Gasteiger partial charge in [0.2, 0.25) is 5.91 Å². The molecule has 0 aliphatic rings. The molecule has 146 valence electrons. The van der Waals surface area contributed by atoms with Crippen molar-refractivity contribution in [2.75, 3.05) is 5.32 Å². The lowest BCUT2D eigenvalue weighted by Crippen LogP contribution is -2.15. The van der Waals surface area contributed by atoms with Gasteiger partial charge in [-0.05, 0) is 31.9 Å². The van der Waals surface area contributed by atoms with Gasteiger partial charge in [0.05, 0.1) is 17.8 Å². The summed E-state index contributed by atoms with van der Waals surface area (Å²) in [5.41, 5.74) is 3.33. The van der Waals surface area contributed by atoms with E-state index < -0.39 is 5.97 Å². The number of rotatable bonds is 7. The molecule has 2 heterocycles. The molecule has 3 rings (SSSR count). The lowest BCUT2D eigenvalue weighted by molar-refractivity contribution is -0.115. The number of carbonyl (C=O) groups is 2. The molecule has 0 unspecified atom stereocenters. The Balaban J connectivity index is 1.55. The second kappa shape index (κ2) is 8.79. The van der Waals surface area contributed by atoms with Gasteiger partial charge in [-0.15, -0.1) is 11.3 Å². The maximum atomic E-state index is 12.3. The highest BCUT2D eigenvalue weighted by atomic mass is 32.1. The molecule has 28 heavy (non-hydrogen) atoms. The third kappa shape index (κ3) is 4.64. The largest absolute Gasteiger partial charge is 0.455 e. The molecule has 3 aromatic rings. The number of anilines is 1. The molecule has 1 amide bonds. The van der Waals surface area contributed by atoms with Crippen LogP contribution in [-0.4, -0.2) is 22.0 Å². The van der Waals surface area contributed by atoms with E-state index in [1.807, 2.05) is 38.1 Å².